The van der Waals surface area contributed by atoms with Crippen molar-refractivity contribution in [1.29, 1.82) is 0 Å². The van der Waals surface area contributed by atoms with Gasteiger partial charge in [-0.05, 0) is 118 Å². The van der Waals surface area contributed by atoms with Crippen LogP contribution in [-0.2, 0) is 19.0 Å². The summed E-state index contributed by atoms with van der Waals surface area (Å²) >= 11 is 0. The third-order valence-electron chi connectivity index (χ3n) is 12.7. The zero-order chi connectivity index (χ0) is 40.1. The molecule has 0 aromatic carbocycles. The molecule has 0 aliphatic heterocycles. The van der Waals surface area contributed by atoms with Gasteiger partial charge in [0.25, 0.3) is 0 Å². The number of hydrogen-bond acceptors (Lipinski definition) is 9. The number of hydrogen-bond donors (Lipinski definition) is 2. The Bertz CT molecular complexity index is 1240. The first-order valence-electron chi connectivity index (χ1n) is 20.0. The largest absolute Gasteiger partial charge is 0.508 e. The number of carbonyl (C=O) groups is 3. The molecule has 0 radical (unpaired) electrons. The highest BCUT2D eigenvalue weighted by molar-refractivity contribution is 8.76. The first-order chi connectivity index (χ1) is 25.4. The molecule has 2 N–H and O–H groups in total. The van der Waals surface area contributed by atoms with Crippen LogP contribution in [0.4, 0.5) is 22.8 Å². The third kappa shape index (κ3) is 13.7. The van der Waals surface area contributed by atoms with Crippen LogP contribution in [0.5, 0.6) is 0 Å². The number of rotatable bonds is 17. The van der Waals surface area contributed by atoms with E-state index in [2.05, 4.69) is 50.9 Å². The summed E-state index contributed by atoms with van der Waals surface area (Å²) in [5.74, 6) is 3.60. The van der Waals surface area contributed by atoms with E-state index in [0.29, 0.717) is 36.7 Å². The zero-order valence-electron chi connectivity index (χ0n) is 33.6. The molecule has 8 atom stereocenters. The number of ether oxygens (including phenoxy) is 3. The smallest absolute Gasteiger partial charge is 0.475 e. The first-order valence-corrected chi connectivity index (χ1v) is 22.5. The van der Waals surface area contributed by atoms with E-state index in [1.165, 1.54) is 51.4 Å². The van der Waals surface area contributed by atoms with Gasteiger partial charge in [0.15, 0.2) is 0 Å². The minimum atomic E-state index is -5.08. The molecule has 0 heterocycles. The molecule has 0 aromatic heterocycles. The van der Waals surface area contributed by atoms with Crippen molar-refractivity contribution < 1.29 is 46.9 Å². The molecule has 3 saturated carbocycles. The van der Waals surface area contributed by atoms with E-state index >= 15 is 0 Å². The van der Waals surface area contributed by atoms with Crippen LogP contribution < -0.4 is 5.32 Å². The maximum Gasteiger partial charge on any atom is 0.508 e. The number of alkyl halides is 3. The Balaban J connectivity index is 0.00000102. The summed E-state index contributed by atoms with van der Waals surface area (Å²) in [7, 11) is 7.25. The number of halogens is 3. The first kappa shape index (κ1) is 46.6. The second kappa shape index (κ2) is 21.6. The second-order valence-corrected chi connectivity index (χ2v) is 19.7. The molecule has 4 aliphatic rings. The lowest BCUT2D eigenvalue weighted by molar-refractivity contribution is -0.192. The van der Waals surface area contributed by atoms with Gasteiger partial charge in [0.2, 0.25) is 0 Å². The van der Waals surface area contributed by atoms with Gasteiger partial charge in [-0.15, -0.1) is 0 Å². The fourth-order valence-electron chi connectivity index (χ4n) is 10.0. The van der Waals surface area contributed by atoms with Crippen molar-refractivity contribution in [3.8, 4) is 0 Å². The molecule has 0 aromatic rings. The van der Waals surface area contributed by atoms with Gasteiger partial charge in [-0.3, -0.25) is 0 Å². The molecule has 4 aliphatic carbocycles. The van der Waals surface area contributed by atoms with Crippen molar-refractivity contribution in [2.75, 3.05) is 51.9 Å². The summed E-state index contributed by atoms with van der Waals surface area (Å²) in [6.45, 7) is 14.7. The standard InChI is InChI=1S/C38H66N2O5S2.C2HF3O2/c1-27(2)10-8-11-28(3)32-14-15-33-31-13-12-29-26-30(16-18-37(29,4)34(31)17-19-38(32,33)5)45-36(42)44-23-25-47-46-24-22-43-35(41)39-20-9-21-40(6)7;3-2(4,5)1(6)7/h12,27-28,30-34H,8-11,13-26H2,1-7H3,(H,39,41);(H,6,7). The van der Waals surface area contributed by atoms with Crippen LogP contribution in [0.15, 0.2) is 11.6 Å². The average molecular weight is 809 g/mol. The number of fused-ring (bicyclic) bond motifs is 5. The normalized spacial score (nSPS) is 29.5. The molecule has 54 heavy (non-hydrogen) atoms. The van der Waals surface area contributed by atoms with Crippen LogP contribution in [0.1, 0.15) is 112 Å². The van der Waals surface area contributed by atoms with E-state index in [1.54, 1.807) is 27.2 Å². The van der Waals surface area contributed by atoms with Gasteiger partial charge in [0.1, 0.15) is 19.3 Å². The molecule has 4 rings (SSSR count). The number of nitrogens with zero attached hydrogens (tertiary/aromatic N) is 1. The van der Waals surface area contributed by atoms with Crippen LogP contribution in [0.2, 0.25) is 0 Å². The number of alkyl carbamates (subject to hydrolysis) is 1. The molecule has 0 spiro atoms. The van der Waals surface area contributed by atoms with Gasteiger partial charge >= 0.3 is 24.4 Å². The number of aliphatic carboxylic acids is 1. The number of allylic oxidation sites excluding steroid dienone is 1. The predicted molar refractivity (Wildman–Crippen MR) is 210 cm³/mol. The van der Waals surface area contributed by atoms with Gasteiger partial charge in [0.05, 0.1) is 0 Å². The number of carboxylic acid groups (broad SMARTS) is 1. The SMILES string of the molecule is CC(C)CCCC(C)C1CCC2C3CC=C4CC(OC(=O)OCCSSCCOC(=O)NCCCN(C)C)CCC4(C)C3CCC12C.O=C(O)C(F)(F)F. The second-order valence-electron chi connectivity index (χ2n) is 17.0. The lowest BCUT2D eigenvalue weighted by Gasteiger charge is -2.58. The van der Waals surface area contributed by atoms with Crippen LogP contribution in [0.3, 0.4) is 0 Å². The van der Waals surface area contributed by atoms with Crippen molar-refractivity contribution in [1.82, 2.24) is 10.2 Å². The summed E-state index contributed by atoms with van der Waals surface area (Å²) in [5, 5.41) is 9.89. The Kier molecular flexibility index (Phi) is 18.7. The van der Waals surface area contributed by atoms with E-state index in [4.69, 9.17) is 24.1 Å². The molecule has 8 unspecified atom stereocenters. The minimum Gasteiger partial charge on any atom is -0.475 e. The molecule has 1 amide bonds. The van der Waals surface area contributed by atoms with Gasteiger partial charge in [-0.2, -0.15) is 13.2 Å². The monoisotopic (exact) mass is 808 g/mol. The zero-order valence-corrected chi connectivity index (χ0v) is 35.3. The summed E-state index contributed by atoms with van der Waals surface area (Å²) in [6, 6.07) is 0. The molecule has 312 valence electrons. The highest BCUT2D eigenvalue weighted by atomic mass is 33.1. The quantitative estimate of drug-likeness (QED) is 0.0637. The molecule has 9 nitrogen and oxygen atoms in total. The van der Waals surface area contributed by atoms with Crippen LogP contribution >= 0.6 is 21.6 Å². The number of carboxylic acids is 1. The summed E-state index contributed by atoms with van der Waals surface area (Å²) in [5.41, 5.74) is 2.30. The van der Waals surface area contributed by atoms with Crippen LogP contribution in [0, 0.1) is 46.3 Å². The number of nitrogens with one attached hydrogen (secondary N) is 1. The lowest BCUT2D eigenvalue weighted by atomic mass is 9.47. The fourth-order valence-corrected chi connectivity index (χ4v) is 11.7. The van der Waals surface area contributed by atoms with E-state index in [1.807, 2.05) is 14.1 Å². The van der Waals surface area contributed by atoms with Crippen LogP contribution in [-0.4, -0.2) is 92.4 Å². The fraction of sp³-hybridized carbons (Fsp3) is 0.875. The summed E-state index contributed by atoms with van der Waals surface area (Å²) < 4.78 is 48.2. The number of amides is 1. The van der Waals surface area contributed by atoms with E-state index < -0.39 is 18.3 Å². The Morgan fingerprint density at radius 1 is 0.963 bits per heavy atom. The highest BCUT2D eigenvalue weighted by Gasteiger charge is 2.59. The average Bonchev–Trinajstić information content (AvgIpc) is 3.45. The topological polar surface area (TPSA) is 114 Å². The van der Waals surface area contributed by atoms with Crippen molar-refractivity contribution >= 4 is 39.8 Å². The van der Waals surface area contributed by atoms with Gasteiger partial charge in [-0.1, -0.05) is 87.1 Å². The van der Waals surface area contributed by atoms with E-state index in [-0.39, 0.29) is 17.6 Å². The summed E-state index contributed by atoms with van der Waals surface area (Å²) in [6.07, 6.45) is 11.3. The van der Waals surface area contributed by atoms with Crippen molar-refractivity contribution in [2.45, 2.75) is 124 Å². The van der Waals surface area contributed by atoms with Crippen molar-refractivity contribution in [3.63, 3.8) is 0 Å². The molecule has 0 bridgehead atoms. The predicted octanol–water partition coefficient (Wildman–Crippen LogP) is 10.2. The Hall–Kier alpha value is -1.80. The maximum atomic E-state index is 12.5. The third-order valence-corrected chi connectivity index (χ3v) is 15.0. The minimum absolute atomic E-state index is 0.0806. The molecule has 14 heteroatoms. The Morgan fingerprint density at radius 3 is 2.26 bits per heavy atom. The van der Waals surface area contributed by atoms with E-state index in [9.17, 15) is 22.8 Å². The van der Waals surface area contributed by atoms with E-state index in [0.717, 1.165) is 67.7 Å². The number of carbonyl (C=O) groups excluding carboxylic acids is 2. The van der Waals surface area contributed by atoms with Gasteiger partial charge < -0.3 is 29.5 Å². The van der Waals surface area contributed by atoms with Crippen molar-refractivity contribution in [3.05, 3.63) is 11.6 Å². The summed E-state index contributed by atoms with van der Waals surface area (Å²) in [4.78, 5) is 35.2. The lowest BCUT2D eigenvalue weighted by Crippen LogP contribution is -2.51. The molecule has 3 fully saturated rings. The molecular formula is C40H67F3N2O7S2. The van der Waals surface area contributed by atoms with Gasteiger partial charge in [-0.25, -0.2) is 14.4 Å². The molecule has 0 saturated heterocycles. The van der Waals surface area contributed by atoms with Crippen molar-refractivity contribution in [2.24, 2.45) is 46.3 Å². The van der Waals surface area contributed by atoms with Crippen LogP contribution in [0.25, 0.3) is 0 Å². The maximum absolute atomic E-state index is 12.5. The Morgan fingerprint density at radius 2 is 1.63 bits per heavy atom. The highest BCUT2D eigenvalue weighted by Crippen LogP contribution is 2.67. The van der Waals surface area contributed by atoms with Gasteiger partial charge in [0, 0.05) is 24.5 Å². The Labute approximate surface area is 329 Å². The molecular weight excluding hydrogens is 742 g/mol.